The maximum atomic E-state index is 5.50. The summed E-state index contributed by atoms with van der Waals surface area (Å²) in [5.74, 6) is 3.67. The van der Waals surface area contributed by atoms with E-state index >= 15 is 0 Å². The zero-order valence-electron chi connectivity index (χ0n) is 15.3. The summed E-state index contributed by atoms with van der Waals surface area (Å²) in [6.45, 7) is 6.92. The molecule has 4 rings (SSSR count). The van der Waals surface area contributed by atoms with Crippen molar-refractivity contribution in [3.63, 3.8) is 0 Å². The van der Waals surface area contributed by atoms with Gasteiger partial charge in [0.25, 0.3) is 0 Å². The number of piperidine rings is 1. The number of hydrogen-bond donors (Lipinski definition) is 0. The van der Waals surface area contributed by atoms with Gasteiger partial charge in [-0.2, -0.15) is 0 Å². The van der Waals surface area contributed by atoms with Crippen molar-refractivity contribution < 1.29 is 4.74 Å². The van der Waals surface area contributed by atoms with Crippen LogP contribution in [0.5, 0.6) is 0 Å². The van der Waals surface area contributed by atoms with Crippen LogP contribution in [0.15, 0.2) is 12.4 Å². The van der Waals surface area contributed by atoms with E-state index < -0.39 is 0 Å². The van der Waals surface area contributed by atoms with Gasteiger partial charge >= 0.3 is 0 Å². The summed E-state index contributed by atoms with van der Waals surface area (Å²) in [7, 11) is 2.10. The third-order valence-electron chi connectivity index (χ3n) is 5.84. The first kappa shape index (κ1) is 16.7. The third kappa shape index (κ3) is 3.48. The van der Waals surface area contributed by atoms with E-state index in [1.165, 1.54) is 25.7 Å². The Balaban J connectivity index is 1.39. The molecule has 2 aromatic rings. The second kappa shape index (κ2) is 7.25. The first-order chi connectivity index (χ1) is 12.2. The lowest BCUT2D eigenvalue weighted by molar-refractivity contribution is 0.0247. The molecule has 0 spiro atoms. The lowest BCUT2D eigenvalue weighted by Crippen LogP contribution is -2.43. The van der Waals surface area contributed by atoms with E-state index in [1.807, 2.05) is 19.3 Å². The van der Waals surface area contributed by atoms with Crippen LogP contribution in [0.1, 0.15) is 49.1 Å². The van der Waals surface area contributed by atoms with Crippen molar-refractivity contribution in [1.29, 1.82) is 0 Å². The van der Waals surface area contributed by atoms with Crippen molar-refractivity contribution in [3.8, 4) is 0 Å². The number of imidazole rings is 1. The molecule has 2 aliphatic rings. The molecule has 0 atom stereocenters. The van der Waals surface area contributed by atoms with Crippen molar-refractivity contribution >= 4 is 0 Å². The maximum Gasteiger partial charge on any atom is 0.152 e. The van der Waals surface area contributed by atoms with Gasteiger partial charge in [0.1, 0.15) is 11.6 Å². The van der Waals surface area contributed by atoms with Crippen LogP contribution < -0.4 is 0 Å². The van der Waals surface area contributed by atoms with Gasteiger partial charge in [-0.25, -0.2) is 4.98 Å². The van der Waals surface area contributed by atoms with E-state index in [4.69, 9.17) is 4.74 Å². The van der Waals surface area contributed by atoms with Crippen molar-refractivity contribution in [2.45, 2.75) is 51.1 Å². The molecule has 0 radical (unpaired) electrons. The lowest BCUT2D eigenvalue weighted by atomic mass is 9.93. The van der Waals surface area contributed by atoms with Gasteiger partial charge in [0.15, 0.2) is 5.82 Å². The molecule has 2 fully saturated rings. The Bertz CT molecular complexity index is 694. The predicted octanol–water partition coefficient (Wildman–Crippen LogP) is 1.73. The van der Waals surface area contributed by atoms with E-state index in [0.29, 0.717) is 12.0 Å². The fourth-order valence-electron chi connectivity index (χ4n) is 4.16. The van der Waals surface area contributed by atoms with E-state index in [9.17, 15) is 0 Å². The van der Waals surface area contributed by atoms with Gasteiger partial charge in [0.2, 0.25) is 0 Å². The summed E-state index contributed by atoms with van der Waals surface area (Å²) < 4.78 is 9.80. The Morgan fingerprint density at radius 2 is 1.88 bits per heavy atom. The van der Waals surface area contributed by atoms with Crippen molar-refractivity contribution in [2.24, 2.45) is 7.05 Å². The molecule has 0 N–H and O–H groups in total. The summed E-state index contributed by atoms with van der Waals surface area (Å²) in [6, 6.07) is 0.717. The Labute approximate surface area is 149 Å². The Morgan fingerprint density at radius 3 is 2.56 bits per heavy atom. The quantitative estimate of drug-likeness (QED) is 0.845. The molecule has 136 valence electrons. The molecule has 25 heavy (non-hydrogen) atoms. The summed E-state index contributed by atoms with van der Waals surface area (Å²) in [6.07, 6.45) is 8.54. The monoisotopic (exact) mass is 344 g/mol. The first-order valence-corrected chi connectivity index (χ1v) is 9.40. The van der Waals surface area contributed by atoms with Crippen LogP contribution >= 0.6 is 0 Å². The van der Waals surface area contributed by atoms with Gasteiger partial charge in [-0.15, -0.1) is 10.2 Å². The molecule has 0 amide bonds. The molecule has 2 saturated heterocycles. The van der Waals surface area contributed by atoms with E-state index in [2.05, 4.69) is 36.3 Å². The van der Waals surface area contributed by atoms with Gasteiger partial charge in [-0.1, -0.05) is 0 Å². The van der Waals surface area contributed by atoms with Crippen LogP contribution in [0.3, 0.4) is 0 Å². The molecule has 0 bridgehead atoms. The number of hydrogen-bond acceptors (Lipinski definition) is 5. The highest BCUT2D eigenvalue weighted by molar-refractivity contribution is 5.05. The predicted molar refractivity (Wildman–Crippen MR) is 94.5 cm³/mol. The molecule has 7 heteroatoms. The van der Waals surface area contributed by atoms with Crippen molar-refractivity contribution in [1.82, 2.24) is 29.2 Å². The molecular formula is C18H28N6O. The summed E-state index contributed by atoms with van der Waals surface area (Å²) in [5.41, 5.74) is 0. The highest BCUT2D eigenvalue weighted by Gasteiger charge is 2.29. The minimum absolute atomic E-state index is 0.520. The molecule has 0 saturated carbocycles. The van der Waals surface area contributed by atoms with E-state index in [1.54, 1.807) is 0 Å². The second-order valence-corrected chi connectivity index (χ2v) is 7.29. The number of nitrogens with zero attached hydrogens (tertiary/aromatic N) is 6. The van der Waals surface area contributed by atoms with Crippen LogP contribution in [0.2, 0.25) is 0 Å². The normalized spacial score (nSPS) is 21.0. The minimum atomic E-state index is 0.520. The summed E-state index contributed by atoms with van der Waals surface area (Å²) >= 11 is 0. The molecule has 2 aromatic heterocycles. The van der Waals surface area contributed by atoms with Crippen LogP contribution in [-0.4, -0.2) is 61.6 Å². The van der Waals surface area contributed by atoms with Gasteiger partial charge in [-0.3, -0.25) is 0 Å². The second-order valence-electron chi connectivity index (χ2n) is 7.29. The summed E-state index contributed by atoms with van der Waals surface area (Å²) in [4.78, 5) is 6.94. The number of aryl methyl sites for hydroxylation is 1. The highest BCUT2D eigenvalue weighted by Crippen LogP contribution is 2.29. The fraction of sp³-hybridized carbons (Fsp3) is 0.722. The van der Waals surface area contributed by atoms with Crippen LogP contribution in [-0.2, 0) is 18.3 Å². The van der Waals surface area contributed by atoms with Crippen molar-refractivity contribution in [3.05, 3.63) is 29.9 Å². The SMILES string of the molecule is Cc1nccn1Cc1nnc(C2CCN(C3CCOCC3)CC2)n1C. The van der Waals surface area contributed by atoms with Gasteiger partial charge in [0.05, 0.1) is 6.54 Å². The topological polar surface area (TPSA) is 61.0 Å². The molecule has 7 nitrogen and oxygen atoms in total. The zero-order valence-corrected chi connectivity index (χ0v) is 15.3. The van der Waals surface area contributed by atoms with E-state index in [-0.39, 0.29) is 0 Å². The molecule has 0 aromatic carbocycles. The molecular weight excluding hydrogens is 316 g/mol. The average molecular weight is 344 g/mol. The third-order valence-corrected chi connectivity index (χ3v) is 5.84. The number of likely N-dealkylation sites (tertiary alicyclic amines) is 1. The van der Waals surface area contributed by atoms with Crippen molar-refractivity contribution in [2.75, 3.05) is 26.3 Å². The largest absolute Gasteiger partial charge is 0.381 e. The molecule has 0 aliphatic carbocycles. The van der Waals surface area contributed by atoms with Gasteiger partial charge in [-0.05, 0) is 45.7 Å². The van der Waals surface area contributed by atoms with Crippen LogP contribution in [0, 0.1) is 6.92 Å². The Morgan fingerprint density at radius 1 is 1.12 bits per heavy atom. The van der Waals surface area contributed by atoms with Crippen LogP contribution in [0.25, 0.3) is 0 Å². The minimum Gasteiger partial charge on any atom is -0.381 e. The number of aromatic nitrogens is 5. The highest BCUT2D eigenvalue weighted by atomic mass is 16.5. The number of ether oxygens (including phenoxy) is 1. The Hall–Kier alpha value is -1.73. The first-order valence-electron chi connectivity index (χ1n) is 9.40. The zero-order chi connectivity index (χ0) is 17.2. The number of rotatable bonds is 4. The molecule has 0 unspecified atom stereocenters. The summed E-state index contributed by atoms with van der Waals surface area (Å²) in [5, 5.41) is 8.98. The van der Waals surface area contributed by atoms with E-state index in [0.717, 1.165) is 50.3 Å². The molecule has 4 heterocycles. The lowest BCUT2D eigenvalue weighted by Gasteiger charge is -2.38. The fourth-order valence-corrected chi connectivity index (χ4v) is 4.16. The Kier molecular flexibility index (Phi) is 4.85. The molecule has 2 aliphatic heterocycles. The smallest absolute Gasteiger partial charge is 0.152 e. The van der Waals surface area contributed by atoms with Gasteiger partial charge < -0.3 is 18.8 Å². The van der Waals surface area contributed by atoms with Crippen LogP contribution in [0.4, 0.5) is 0 Å². The average Bonchev–Trinajstić information content (AvgIpc) is 3.23. The van der Waals surface area contributed by atoms with Gasteiger partial charge in [0, 0.05) is 44.6 Å². The maximum absolute atomic E-state index is 5.50. The standard InChI is InChI=1S/C18H28N6O/c1-14-19-7-10-24(14)13-17-20-21-18(22(17)2)15-3-8-23(9-4-15)16-5-11-25-12-6-16/h7,10,15-16H,3-6,8-9,11-13H2,1-2H3.